The van der Waals surface area contributed by atoms with E-state index in [0.717, 1.165) is 101 Å². The molecule has 0 saturated carbocycles. The Labute approximate surface area is 574 Å². The van der Waals surface area contributed by atoms with Gasteiger partial charge in [-0.25, -0.2) is 9.97 Å². The maximum Gasteiger partial charge on any atom is 0.0973 e. The number of rotatable bonds is 10. The molecule has 0 atom stereocenters. The molecule has 8 heteroatoms. The van der Waals surface area contributed by atoms with E-state index in [2.05, 4.69) is 320 Å². The minimum Gasteiger partial charge on any atom is -0.309 e. The Kier molecular flexibility index (Phi) is 14.6. The molecular formula is C90H80N8. The van der Waals surface area contributed by atoms with Gasteiger partial charge in [-0.2, -0.15) is 0 Å². The number of hydrogen-bond donors (Lipinski definition) is 0. The van der Waals surface area contributed by atoms with Gasteiger partial charge >= 0.3 is 0 Å². The number of pyridine rings is 2. The smallest absolute Gasteiger partial charge is 0.0973 e. The van der Waals surface area contributed by atoms with Gasteiger partial charge in [0.1, 0.15) is 0 Å². The van der Waals surface area contributed by atoms with Gasteiger partial charge < -0.3 is 18.9 Å². The molecule has 16 aromatic rings. The first-order chi connectivity index (χ1) is 47.1. The molecule has 16 rings (SSSR count). The summed E-state index contributed by atoms with van der Waals surface area (Å²) < 4.78 is 4.85. The molecule has 480 valence electrons. The zero-order chi connectivity index (χ0) is 67.6. The average molecular weight is 1270 g/mol. The van der Waals surface area contributed by atoms with E-state index in [4.69, 9.17) is 19.9 Å². The van der Waals surface area contributed by atoms with E-state index in [1.165, 1.54) is 65.9 Å². The van der Waals surface area contributed by atoms with Gasteiger partial charge in [-0.05, 0) is 202 Å². The number of fused-ring (bicyclic) bond motifs is 9. The summed E-state index contributed by atoms with van der Waals surface area (Å²) in [7, 11) is 0. The number of benzene rings is 11. The fourth-order valence-corrected chi connectivity index (χ4v) is 14.3. The van der Waals surface area contributed by atoms with Gasteiger partial charge in [0.15, 0.2) is 0 Å². The van der Waals surface area contributed by atoms with Crippen molar-refractivity contribution in [3.05, 3.63) is 289 Å². The fourth-order valence-electron chi connectivity index (χ4n) is 14.3. The first-order valence-electron chi connectivity index (χ1n) is 34.3. The van der Waals surface area contributed by atoms with E-state index in [9.17, 15) is 0 Å². The third-order valence-corrected chi connectivity index (χ3v) is 19.8. The molecule has 0 radical (unpaired) electrons. The van der Waals surface area contributed by atoms with Crippen molar-refractivity contribution in [2.45, 2.75) is 105 Å². The van der Waals surface area contributed by atoms with E-state index in [1.54, 1.807) is 0 Å². The Hall–Kier alpha value is -11.2. The van der Waals surface area contributed by atoms with Crippen LogP contribution in [0.4, 0.5) is 34.1 Å². The Bertz CT molecular complexity index is 5260. The van der Waals surface area contributed by atoms with Crippen LogP contribution in [0.25, 0.3) is 110 Å². The van der Waals surface area contributed by atoms with Crippen LogP contribution in [-0.4, -0.2) is 29.1 Å². The van der Waals surface area contributed by atoms with Crippen molar-refractivity contribution >= 4 is 111 Å². The zero-order valence-corrected chi connectivity index (χ0v) is 58.0. The third kappa shape index (κ3) is 10.9. The van der Waals surface area contributed by atoms with Crippen molar-refractivity contribution in [2.75, 3.05) is 9.80 Å². The molecule has 11 aromatic carbocycles. The molecule has 0 amide bonds. The molecule has 0 saturated heterocycles. The van der Waals surface area contributed by atoms with Crippen LogP contribution in [-0.2, 0) is 21.7 Å². The molecule has 0 bridgehead atoms. The lowest BCUT2D eigenvalue weighted by atomic mass is 9.85. The highest BCUT2D eigenvalue weighted by Gasteiger charge is 2.26. The van der Waals surface area contributed by atoms with Gasteiger partial charge in [0.05, 0.1) is 66.9 Å². The lowest BCUT2D eigenvalue weighted by Gasteiger charge is -2.27. The predicted octanol–water partition coefficient (Wildman–Crippen LogP) is 24.4. The summed E-state index contributed by atoms with van der Waals surface area (Å²) in [6.45, 7) is 27.5. The molecular weight excluding hydrogens is 1190 g/mol. The normalized spacial score (nSPS) is 12.5. The van der Waals surface area contributed by atoms with Crippen LogP contribution in [0.1, 0.15) is 105 Å². The maximum absolute atomic E-state index is 5.44. The van der Waals surface area contributed by atoms with Crippen LogP contribution in [0.15, 0.2) is 267 Å². The van der Waals surface area contributed by atoms with E-state index in [0.29, 0.717) is 0 Å². The van der Waals surface area contributed by atoms with Gasteiger partial charge in [-0.15, -0.1) is 0 Å². The minimum atomic E-state index is 0.00654. The number of para-hydroxylation sites is 4. The Morgan fingerprint density at radius 3 is 0.888 bits per heavy atom. The second kappa shape index (κ2) is 23.3. The summed E-state index contributed by atoms with van der Waals surface area (Å²) in [6, 6.07) is 93.0. The van der Waals surface area contributed by atoms with E-state index in [1.807, 2.05) is 48.8 Å². The molecule has 0 aliphatic heterocycles. The van der Waals surface area contributed by atoms with Crippen LogP contribution in [0.3, 0.4) is 0 Å². The highest BCUT2D eigenvalue weighted by molar-refractivity contribution is 6.11. The highest BCUT2D eigenvalue weighted by Crippen LogP contribution is 2.46. The van der Waals surface area contributed by atoms with Gasteiger partial charge in [-0.1, -0.05) is 180 Å². The van der Waals surface area contributed by atoms with Crippen molar-refractivity contribution in [2.24, 2.45) is 0 Å². The Morgan fingerprint density at radius 2 is 0.582 bits per heavy atom. The van der Waals surface area contributed by atoms with Crippen LogP contribution in [0.5, 0.6) is 0 Å². The molecule has 0 spiro atoms. The second-order valence-corrected chi connectivity index (χ2v) is 30.5. The molecule has 0 unspecified atom stereocenters. The van der Waals surface area contributed by atoms with E-state index >= 15 is 0 Å². The molecule has 5 heterocycles. The van der Waals surface area contributed by atoms with Crippen molar-refractivity contribution in [3.63, 3.8) is 0 Å². The fraction of sp³-hybridized carbons (Fsp3) is 0.178. The van der Waals surface area contributed by atoms with Crippen molar-refractivity contribution in [3.8, 4) is 33.9 Å². The van der Waals surface area contributed by atoms with Crippen molar-refractivity contribution in [1.82, 2.24) is 29.1 Å². The second-order valence-electron chi connectivity index (χ2n) is 30.5. The third-order valence-electron chi connectivity index (χ3n) is 19.8. The highest BCUT2D eigenvalue weighted by atomic mass is 15.2. The molecule has 98 heavy (non-hydrogen) atoms. The summed E-state index contributed by atoms with van der Waals surface area (Å²) in [5.74, 6) is 0. The molecule has 0 aliphatic carbocycles. The van der Waals surface area contributed by atoms with Gasteiger partial charge in [0.25, 0.3) is 0 Å². The average Bonchev–Trinajstić information content (AvgIpc) is 1.57. The van der Waals surface area contributed by atoms with Crippen LogP contribution in [0.2, 0.25) is 0 Å². The summed E-state index contributed by atoms with van der Waals surface area (Å²) >= 11 is 0. The van der Waals surface area contributed by atoms with Crippen molar-refractivity contribution < 1.29 is 0 Å². The quantitative estimate of drug-likeness (QED) is 0.136. The van der Waals surface area contributed by atoms with Gasteiger partial charge in [-0.3, -0.25) is 9.97 Å². The Morgan fingerprint density at radius 1 is 0.286 bits per heavy atom. The minimum absolute atomic E-state index is 0.00654. The zero-order valence-electron chi connectivity index (χ0n) is 58.0. The summed E-state index contributed by atoms with van der Waals surface area (Å²) in [6.07, 6.45) is 3.77. The first kappa shape index (κ1) is 61.6. The monoisotopic (exact) mass is 1270 g/mol. The number of anilines is 6. The van der Waals surface area contributed by atoms with Crippen molar-refractivity contribution in [1.29, 1.82) is 0 Å². The largest absolute Gasteiger partial charge is 0.309 e. The van der Waals surface area contributed by atoms with Gasteiger partial charge in [0, 0.05) is 90.0 Å². The number of aromatic nitrogens is 6. The maximum atomic E-state index is 5.44. The van der Waals surface area contributed by atoms with Crippen LogP contribution >= 0.6 is 0 Å². The van der Waals surface area contributed by atoms with Crippen LogP contribution in [0, 0.1) is 0 Å². The van der Waals surface area contributed by atoms with Crippen LogP contribution < -0.4 is 9.80 Å². The first-order valence-corrected chi connectivity index (χ1v) is 34.3. The van der Waals surface area contributed by atoms with E-state index in [-0.39, 0.29) is 21.7 Å². The topological polar surface area (TPSA) is 67.9 Å². The molecule has 0 N–H and O–H groups in total. The summed E-state index contributed by atoms with van der Waals surface area (Å²) in [5.41, 5.74) is 25.1. The van der Waals surface area contributed by atoms with Gasteiger partial charge in [0.2, 0.25) is 0 Å². The summed E-state index contributed by atoms with van der Waals surface area (Å²) in [4.78, 5) is 25.5. The molecule has 0 fully saturated rings. The lowest BCUT2D eigenvalue weighted by Crippen LogP contribution is -2.11. The molecule has 8 nitrogen and oxygen atoms in total. The molecule has 0 aliphatic rings. The number of hydrogen-bond acceptors (Lipinski definition) is 6. The molecule has 5 aromatic heterocycles. The SMILES string of the molecule is CC(C)(C)c1ccc2c(c1)c1cc(C(C)(C)C)ccc1n2-c1ccc(N(c2ccc(-c3nc4ccccc4nc3-c3ccc(N(c4ccc(-n5c6ccc(C(C)(C)C)cc6c6cc(C(C)(C)C)ccc65)cc4)c4cccc5cccnc45)cc3)cc2)c2cccc3cccnc23)cc1. The Balaban J connectivity index is 0.778. The van der Waals surface area contributed by atoms with E-state index < -0.39 is 0 Å². The predicted molar refractivity (Wildman–Crippen MR) is 414 cm³/mol. The summed E-state index contributed by atoms with van der Waals surface area (Å²) in [5, 5.41) is 7.19. The number of nitrogens with zero attached hydrogens (tertiary/aromatic N) is 8. The standard InChI is InChI=1S/C90H80N8/c1-87(2,3)61-31-47-77-71(53-61)72-54-62(88(4,5)6)32-48-78(72)97(77)69-43-39-67(40-44-69)95(81-25-15-19-57-21-17-51-91-83(57)81)65-35-27-59(28-36-65)85-86(94-76-24-14-13-23-75(76)93-85)60-29-37-66(38-30-60)96(82-26-16-20-58-22-18-52-92-84(58)82)68-41-45-70(46-42-68)98-79-49-33-63(89(7,8)9)55-73(79)74-56-64(90(10,11)12)34-50-80(74)98/h13-56H,1-12H3. The lowest BCUT2D eigenvalue weighted by molar-refractivity contribution is 0.590.